The number of benzene rings is 1. The normalized spacial score (nSPS) is 22.2. The maximum atomic E-state index is 14.6. The van der Waals surface area contributed by atoms with E-state index in [9.17, 15) is 21.4 Å². The summed E-state index contributed by atoms with van der Waals surface area (Å²) in [6.07, 6.45) is 5.79. The molecule has 0 saturated heterocycles. The summed E-state index contributed by atoms with van der Waals surface area (Å²) in [7, 11) is 0. The lowest BCUT2D eigenvalue weighted by molar-refractivity contribution is -0.249. The van der Waals surface area contributed by atoms with Crippen molar-refractivity contribution in [2.75, 3.05) is 0 Å². The van der Waals surface area contributed by atoms with Crippen LogP contribution in [-0.4, -0.2) is 5.92 Å². The Morgan fingerprint density at radius 2 is 1.56 bits per heavy atom. The Bertz CT molecular complexity index is 521. The zero-order chi connectivity index (χ0) is 18.5. The molecule has 1 saturated carbocycles. The second-order valence-corrected chi connectivity index (χ2v) is 7.64. The molecule has 0 amide bonds. The lowest BCUT2D eigenvalue weighted by Gasteiger charge is -2.37. The van der Waals surface area contributed by atoms with Crippen molar-refractivity contribution in [1.29, 1.82) is 0 Å². The van der Waals surface area contributed by atoms with Crippen molar-refractivity contribution in [2.24, 2.45) is 11.8 Å². The molecule has 0 radical (unpaired) electrons. The van der Waals surface area contributed by atoms with Gasteiger partial charge in [-0.05, 0) is 43.7 Å². The number of unbranched alkanes of at least 4 members (excludes halogenated alkanes) is 2. The number of hydrogen-bond donors (Lipinski definition) is 0. The van der Waals surface area contributed by atoms with Crippen molar-refractivity contribution in [2.45, 2.75) is 75.0 Å². The maximum Gasteiger partial charge on any atom is 0.335 e. The largest absolute Gasteiger partial charge is 0.335 e. The van der Waals surface area contributed by atoms with E-state index in [-0.39, 0.29) is 29.9 Å². The van der Waals surface area contributed by atoms with E-state index in [0.29, 0.717) is 18.8 Å². The van der Waals surface area contributed by atoms with E-state index in [1.807, 2.05) is 0 Å². The fourth-order valence-corrected chi connectivity index (χ4v) is 3.90. The van der Waals surface area contributed by atoms with Gasteiger partial charge in [0.2, 0.25) is 0 Å². The van der Waals surface area contributed by atoms with E-state index in [0.717, 1.165) is 49.9 Å². The number of rotatable bonds is 8. The highest BCUT2D eigenvalue weighted by atomic mass is 32.2. The lowest BCUT2D eigenvalue weighted by Crippen LogP contribution is -2.45. The predicted molar refractivity (Wildman–Crippen MR) is 91.8 cm³/mol. The minimum atomic E-state index is -4.24. The molecule has 1 aromatic carbocycles. The Morgan fingerprint density at radius 3 is 2.08 bits per heavy atom. The highest BCUT2D eigenvalue weighted by Gasteiger charge is 2.61. The van der Waals surface area contributed by atoms with Crippen molar-refractivity contribution in [3.63, 3.8) is 0 Å². The summed E-state index contributed by atoms with van der Waals surface area (Å²) in [5, 5.41) is 0. The van der Waals surface area contributed by atoms with Crippen LogP contribution >= 0.6 is 12.1 Å². The van der Waals surface area contributed by atoms with E-state index in [1.165, 1.54) is 0 Å². The fourth-order valence-electron chi connectivity index (χ4n) is 3.66. The molecule has 0 N–H and O–H groups in total. The van der Waals surface area contributed by atoms with Gasteiger partial charge in [-0.15, -0.1) is 0 Å². The lowest BCUT2D eigenvalue weighted by atomic mass is 9.75. The van der Waals surface area contributed by atoms with Crippen LogP contribution in [0.4, 0.5) is 21.4 Å². The SMILES string of the molecule is CCCCC[C@H]1CC[C@H](C(F)(F)C(F)(F)c2ccc(SF)cc2)CC1. The average molecular weight is 380 g/mol. The van der Waals surface area contributed by atoms with E-state index in [2.05, 4.69) is 6.92 Å². The molecule has 1 fully saturated rings. The molecule has 0 heterocycles. The van der Waals surface area contributed by atoms with Gasteiger partial charge < -0.3 is 0 Å². The summed E-state index contributed by atoms with van der Waals surface area (Å²) >= 11 is -0.101. The van der Waals surface area contributed by atoms with Crippen LogP contribution in [0.1, 0.15) is 63.9 Å². The summed E-state index contributed by atoms with van der Waals surface area (Å²) in [5.74, 6) is -9.26. The first kappa shape index (κ1) is 20.5. The Morgan fingerprint density at radius 1 is 0.960 bits per heavy atom. The highest BCUT2D eigenvalue weighted by Crippen LogP contribution is 2.52. The second-order valence-electron chi connectivity index (χ2n) is 7.01. The smallest absolute Gasteiger partial charge is 0.199 e. The van der Waals surface area contributed by atoms with Gasteiger partial charge in [0.1, 0.15) is 0 Å². The van der Waals surface area contributed by atoms with Crippen molar-refractivity contribution < 1.29 is 21.4 Å². The standard InChI is InChI=1S/C19H25F5S/c1-2-3-4-5-14-6-8-15(9-7-14)18(20,21)19(22,23)16-10-12-17(25-24)13-11-16/h10-15H,2-9H2,1H3/t14-,15-. The molecule has 0 nitrogen and oxygen atoms in total. The summed E-state index contributed by atoms with van der Waals surface area (Å²) in [4.78, 5) is 0.121. The summed E-state index contributed by atoms with van der Waals surface area (Å²) in [6.45, 7) is 2.11. The Labute approximate surface area is 150 Å². The quantitative estimate of drug-likeness (QED) is 0.328. The molecule has 0 spiro atoms. The van der Waals surface area contributed by atoms with Crippen LogP contribution in [0, 0.1) is 11.8 Å². The topological polar surface area (TPSA) is 0 Å². The van der Waals surface area contributed by atoms with Crippen LogP contribution in [0.25, 0.3) is 0 Å². The fraction of sp³-hybridized carbons (Fsp3) is 0.684. The third-order valence-electron chi connectivity index (χ3n) is 5.30. The molecule has 1 aliphatic carbocycles. The zero-order valence-corrected chi connectivity index (χ0v) is 15.2. The molecule has 0 aromatic heterocycles. The van der Waals surface area contributed by atoms with Crippen molar-refractivity contribution in [3.05, 3.63) is 29.8 Å². The Kier molecular flexibility index (Phi) is 7.18. The number of halogens is 5. The molecule has 142 valence electrons. The third kappa shape index (κ3) is 4.69. The monoisotopic (exact) mass is 380 g/mol. The Hall–Kier alpha value is -0.780. The van der Waals surface area contributed by atoms with Crippen LogP contribution < -0.4 is 0 Å². The van der Waals surface area contributed by atoms with Gasteiger partial charge in [-0.2, -0.15) is 21.4 Å². The predicted octanol–water partition coefficient (Wildman–Crippen LogP) is 7.78. The number of alkyl halides is 4. The Balaban J connectivity index is 2.01. The molecular formula is C19H25F5S. The van der Waals surface area contributed by atoms with Gasteiger partial charge >= 0.3 is 11.8 Å². The maximum absolute atomic E-state index is 14.6. The minimum Gasteiger partial charge on any atom is -0.199 e. The van der Waals surface area contributed by atoms with E-state index < -0.39 is 23.3 Å². The summed E-state index contributed by atoms with van der Waals surface area (Å²) < 4.78 is 70.4. The zero-order valence-electron chi connectivity index (χ0n) is 14.4. The molecule has 0 unspecified atom stereocenters. The molecule has 1 aliphatic rings. The van der Waals surface area contributed by atoms with Gasteiger partial charge in [0.25, 0.3) is 0 Å². The van der Waals surface area contributed by atoms with Gasteiger partial charge in [0.15, 0.2) is 0 Å². The van der Waals surface area contributed by atoms with Gasteiger partial charge in [0.05, 0.1) is 12.1 Å². The van der Waals surface area contributed by atoms with E-state index >= 15 is 0 Å². The molecule has 1 aromatic rings. The third-order valence-corrected chi connectivity index (χ3v) is 5.75. The van der Waals surface area contributed by atoms with Crippen molar-refractivity contribution >= 4 is 12.1 Å². The average Bonchev–Trinajstić information content (AvgIpc) is 2.62. The first-order valence-electron chi connectivity index (χ1n) is 8.97. The van der Waals surface area contributed by atoms with Gasteiger partial charge in [-0.1, -0.05) is 44.7 Å². The van der Waals surface area contributed by atoms with Crippen molar-refractivity contribution in [1.82, 2.24) is 0 Å². The van der Waals surface area contributed by atoms with Crippen LogP contribution in [0.5, 0.6) is 0 Å². The highest BCUT2D eigenvalue weighted by molar-refractivity contribution is 7.94. The number of hydrogen-bond acceptors (Lipinski definition) is 1. The van der Waals surface area contributed by atoms with Gasteiger partial charge in [-0.3, -0.25) is 0 Å². The summed E-state index contributed by atoms with van der Waals surface area (Å²) in [5.41, 5.74) is -0.750. The van der Waals surface area contributed by atoms with Crippen LogP contribution in [-0.2, 0) is 5.92 Å². The van der Waals surface area contributed by atoms with Crippen LogP contribution in [0.2, 0.25) is 0 Å². The molecule has 6 heteroatoms. The van der Waals surface area contributed by atoms with Gasteiger partial charge in [0, 0.05) is 16.4 Å². The second kappa shape index (κ2) is 8.74. The van der Waals surface area contributed by atoms with E-state index in [4.69, 9.17) is 0 Å². The van der Waals surface area contributed by atoms with E-state index in [1.54, 1.807) is 0 Å². The van der Waals surface area contributed by atoms with Gasteiger partial charge in [-0.25, -0.2) is 0 Å². The first-order valence-corrected chi connectivity index (χ1v) is 9.69. The van der Waals surface area contributed by atoms with Crippen LogP contribution in [0.3, 0.4) is 0 Å². The molecule has 0 atom stereocenters. The van der Waals surface area contributed by atoms with Crippen molar-refractivity contribution in [3.8, 4) is 0 Å². The minimum absolute atomic E-state index is 0.101. The summed E-state index contributed by atoms with van der Waals surface area (Å²) in [6, 6.07) is 4.00. The molecule has 2 rings (SSSR count). The molecule has 0 bridgehead atoms. The molecule has 0 aliphatic heterocycles. The van der Waals surface area contributed by atoms with Crippen LogP contribution in [0.15, 0.2) is 29.2 Å². The molecular weight excluding hydrogens is 355 g/mol. The first-order chi connectivity index (χ1) is 11.8. The molecule has 25 heavy (non-hydrogen) atoms.